The highest BCUT2D eigenvalue weighted by atomic mass is 35.5. The van der Waals surface area contributed by atoms with Gasteiger partial charge >= 0.3 is 0 Å². The second-order valence-electron chi connectivity index (χ2n) is 2.84. The molecule has 0 atom stereocenters. The quantitative estimate of drug-likeness (QED) is 0.754. The second kappa shape index (κ2) is 3.32. The highest BCUT2D eigenvalue weighted by Crippen LogP contribution is 2.22. The van der Waals surface area contributed by atoms with E-state index in [1.165, 1.54) is 0 Å². The minimum Gasteiger partial charge on any atom is -0.325 e. The van der Waals surface area contributed by atoms with Crippen molar-refractivity contribution in [2.75, 3.05) is 0 Å². The number of nitrogens with zero attached hydrogens (tertiary/aromatic N) is 1. The van der Waals surface area contributed by atoms with Crippen molar-refractivity contribution in [3.05, 3.63) is 41.2 Å². The Hall–Kier alpha value is -1.12. The van der Waals surface area contributed by atoms with Gasteiger partial charge in [-0.2, -0.15) is 0 Å². The molecule has 0 amide bonds. The van der Waals surface area contributed by atoms with Gasteiger partial charge in [-0.3, -0.25) is 4.98 Å². The Morgan fingerprint density at radius 3 is 3.00 bits per heavy atom. The normalized spacial score (nSPS) is 10.6. The smallest absolute Gasteiger partial charge is 0.0546 e. The lowest BCUT2D eigenvalue weighted by Crippen LogP contribution is -1.98. The summed E-state index contributed by atoms with van der Waals surface area (Å²) in [5.74, 6) is 0. The fourth-order valence-electron chi connectivity index (χ4n) is 1.29. The van der Waals surface area contributed by atoms with E-state index in [1.807, 2.05) is 24.3 Å². The molecular formula is C10H9ClN2. The van der Waals surface area contributed by atoms with Crippen LogP contribution in [0.3, 0.4) is 0 Å². The van der Waals surface area contributed by atoms with Crippen LogP contribution in [0.25, 0.3) is 10.8 Å². The minimum absolute atomic E-state index is 0.446. The van der Waals surface area contributed by atoms with Crippen LogP contribution >= 0.6 is 11.6 Å². The molecule has 0 saturated heterocycles. The molecule has 2 N–H and O–H groups in total. The van der Waals surface area contributed by atoms with Crippen LogP contribution in [-0.4, -0.2) is 4.98 Å². The molecule has 0 aliphatic rings. The number of halogens is 1. The summed E-state index contributed by atoms with van der Waals surface area (Å²) in [7, 11) is 0. The second-order valence-corrected chi connectivity index (χ2v) is 3.25. The Morgan fingerprint density at radius 1 is 1.38 bits per heavy atom. The molecule has 0 unspecified atom stereocenters. The van der Waals surface area contributed by atoms with Crippen molar-refractivity contribution in [1.29, 1.82) is 0 Å². The average molecular weight is 193 g/mol. The van der Waals surface area contributed by atoms with E-state index < -0.39 is 0 Å². The molecule has 0 spiro atoms. The molecule has 3 heteroatoms. The van der Waals surface area contributed by atoms with E-state index in [0.717, 1.165) is 21.5 Å². The average Bonchev–Trinajstić information content (AvgIpc) is 2.18. The first-order chi connectivity index (χ1) is 6.31. The van der Waals surface area contributed by atoms with Gasteiger partial charge in [-0.25, -0.2) is 0 Å². The fourth-order valence-corrected chi connectivity index (χ4v) is 1.52. The van der Waals surface area contributed by atoms with E-state index >= 15 is 0 Å². The van der Waals surface area contributed by atoms with Crippen LogP contribution in [0.5, 0.6) is 0 Å². The molecule has 0 saturated carbocycles. The number of fused-ring (bicyclic) bond motifs is 1. The summed E-state index contributed by atoms with van der Waals surface area (Å²) in [6, 6.07) is 7.69. The van der Waals surface area contributed by atoms with Gasteiger partial charge in [0, 0.05) is 28.5 Å². The first-order valence-corrected chi connectivity index (χ1v) is 4.42. The highest BCUT2D eigenvalue weighted by Gasteiger charge is 1.99. The molecule has 13 heavy (non-hydrogen) atoms. The van der Waals surface area contributed by atoms with E-state index in [0.29, 0.717) is 6.54 Å². The summed E-state index contributed by atoms with van der Waals surface area (Å²) < 4.78 is 0. The van der Waals surface area contributed by atoms with Gasteiger partial charge in [0.05, 0.1) is 5.69 Å². The molecule has 66 valence electrons. The summed E-state index contributed by atoms with van der Waals surface area (Å²) in [5.41, 5.74) is 6.35. The Balaban J connectivity index is 2.74. The van der Waals surface area contributed by atoms with Crippen molar-refractivity contribution in [2.45, 2.75) is 6.54 Å². The van der Waals surface area contributed by atoms with Gasteiger partial charge in [-0.05, 0) is 12.1 Å². The molecule has 1 aromatic heterocycles. The summed E-state index contributed by atoms with van der Waals surface area (Å²) in [6.45, 7) is 0.446. The largest absolute Gasteiger partial charge is 0.325 e. The zero-order valence-electron chi connectivity index (χ0n) is 7.00. The Morgan fingerprint density at radius 2 is 2.23 bits per heavy atom. The monoisotopic (exact) mass is 192 g/mol. The van der Waals surface area contributed by atoms with Gasteiger partial charge in [-0.15, -0.1) is 0 Å². The number of rotatable bonds is 1. The van der Waals surface area contributed by atoms with Crippen molar-refractivity contribution in [1.82, 2.24) is 4.98 Å². The fraction of sp³-hybridized carbons (Fsp3) is 0.100. The predicted octanol–water partition coefficient (Wildman–Crippen LogP) is 2.35. The van der Waals surface area contributed by atoms with E-state index in [1.54, 1.807) is 6.20 Å². The maximum absolute atomic E-state index is 6.02. The van der Waals surface area contributed by atoms with Crippen molar-refractivity contribution in [3.63, 3.8) is 0 Å². The lowest BCUT2D eigenvalue weighted by molar-refractivity contribution is 0.998. The Labute approximate surface area is 81.3 Å². The molecule has 1 heterocycles. The minimum atomic E-state index is 0.446. The number of aromatic nitrogens is 1. The van der Waals surface area contributed by atoms with Crippen molar-refractivity contribution < 1.29 is 0 Å². The first-order valence-electron chi connectivity index (χ1n) is 4.04. The van der Waals surface area contributed by atoms with Gasteiger partial charge in [0.1, 0.15) is 0 Å². The number of nitrogens with two attached hydrogens (primary N) is 1. The molecule has 1 aromatic carbocycles. The van der Waals surface area contributed by atoms with Gasteiger partial charge in [0.25, 0.3) is 0 Å². The maximum Gasteiger partial charge on any atom is 0.0546 e. The van der Waals surface area contributed by atoms with Crippen LogP contribution < -0.4 is 5.73 Å². The summed E-state index contributed by atoms with van der Waals surface area (Å²) in [6.07, 6.45) is 1.80. The van der Waals surface area contributed by atoms with E-state index in [4.69, 9.17) is 17.3 Å². The molecule has 0 radical (unpaired) electrons. The third-order valence-electron chi connectivity index (χ3n) is 1.98. The third-order valence-corrected chi connectivity index (χ3v) is 2.31. The molecule has 0 bridgehead atoms. The van der Waals surface area contributed by atoms with Gasteiger partial charge in [-0.1, -0.05) is 23.7 Å². The summed E-state index contributed by atoms with van der Waals surface area (Å²) >= 11 is 6.02. The molecule has 2 nitrogen and oxygen atoms in total. The summed E-state index contributed by atoms with van der Waals surface area (Å²) in [4.78, 5) is 4.18. The SMILES string of the molecule is NCc1cc2c(Cl)cccc2cn1. The number of pyridine rings is 1. The number of benzene rings is 1. The van der Waals surface area contributed by atoms with Gasteiger partial charge in [0.15, 0.2) is 0 Å². The Kier molecular flexibility index (Phi) is 2.17. The van der Waals surface area contributed by atoms with Crippen LogP contribution in [0.15, 0.2) is 30.5 Å². The standard InChI is InChI=1S/C10H9ClN2/c11-10-3-1-2-7-6-13-8(5-12)4-9(7)10/h1-4,6H,5,12H2. The maximum atomic E-state index is 6.02. The zero-order valence-corrected chi connectivity index (χ0v) is 7.75. The van der Waals surface area contributed by atoms with Gasteiger partial charge < -0.3 is 5.73 Å². The molecule has 2 aromatic rings. The van der Waals surface area contributed by atoms with Crippen molar-refractivity contribution >= 4 is 22.4 Å². The molecular weight excluding hydrogens is 184 g/mol. The lowest BCUT2D eigenvalue weighted by atomic mass is 10.1. The molecule has 2 rings (SSSR count). The van der Waals surface area contributed by atoms with Crippen molar-refractivity contribution in [2.24, 2.45) is 5.73 Å². The van der Waals surface area contributed by atoms with E-state index in [-0.39, 0.29) is 0 Å². The van der Waals surface area contributed by atoms with Crippen molar-refractivity contribution in [3.8, 4) is 0 Å². The van der Waals surface area contributed by atoms with Crippen LogP contribution in [-0.2, 0) is 6.54 Å². The van der Waals surface area contributed by atoms with E-state index in [2.05, 4.69) is 4.98 Å². The van der Waals surface area contributed by atoms with Gasteiger partial charge in [0.2, 0.25) is 0 Å². The molecule has 0 aliphatic heterocycles. The first kappa shape index (κ1) is 8.48. The number of hydrogen-bond acceptors (Lipinski definition) is 2. The lowest BCUT2D eigenvalue weighted by Gasteiger charge is -2.01. The van der Waals surface area contributed by atoms with Crippen LogP contribution in [0.2, 0.25) is 5.02 Å². The molecule has 0 fully saturated rings. The predicted molar refractivity (Wildman–Crippen MR) is 54.6 cm³/mol. The third kappa shape index (κ3) is 1.50. The summed E-state index contributed by atoms with van der Waals surface area (Å²) in [5, 5.41) is 2.80. The zero-order chi connectivity index (χ0) is 9.26. The Bertz CT molecular complexity index is 440. The van der Waals surface area contributed by atoms with Crippen LogP contribution in [0.1, 0.15) is 5.69 Å². The van der Waals surface area contributed by atoms with Crippen LogP contribution in [0, 0.1) is 0 Å². The molecule has 0 aliphatic carbocycles. The number of hydrogen-bond donors (Lipinski definition) is 1. The highest BCUT2D eigenvalue weighted by molar-refractivity contribution is 6.35. The van der Waals surface area contributed by atoms with E-state index in [9.17, 15) is 0 Å². The van der Waals surface area contributed by atoms with Crippen LogP contribution in [0.4, 0.5) is 0 Å². The topological polar surface area (TPSA) is 38.9 Å².